The second kappa shape index (κ2) is 8.45. The Hall–Kier alpha value is -1.51. The number of sulfonamides is 1. The smallest absolute Gasteiger partial charge is 0.241 e. The summed E-state index contributed by atoms with van der Waals surface area (Å²) >= 11 is 0. The van der Waals surface area contributed by atoms with Crippen LogP contribution in [0.4, 0.5) is 4.39 Å². The summed E-state index contributed by atoms with van der Waals surface area (Å²) in [5, 5.41) is 0. The number of hydrogen-bond donors (Lipinski definition) is 1. The molecule has 1 fully saturated rings. The number of nitrogens with zero attached hydrogens (tertiary/aromatic N) is 2. The number of hydrogen-bond acceptors (Lipinski definition) is 4. The Morgan fingerprint density at radius 3 is 2.38 bits per heavy atom. The molecule has 26 heavy (non-hydrogen) atoms. The fourth-order valence-corrected chi connectivity index (χ4v) is 4.51. The van der Waals surface area contributed by atoms with Gasteiger partial charge in [-0.1, -0.05) is 13.8 Å². The van der Waals surface area contributed by atoms with Gasteiger partial charge in [0, 0.05) is 26.2 Å². The zero-order valence-electron chi connectivity index (χ0n) is 15.8. The molecule has 146 valence electrons. The van der Waals surface area contributed by atoms with E-state index in [0.29, 0.717) is 25.1 Å². The fraction of sp³-hybridized carbons (Fsp3) is 0.611. The average Bonchev–Trinajstić information content (AvgIpc) is 2.53. The zero-order valence-corrected chi connectivity index (χ0v) is 16.6. The van der Waals surface area contributed by atoms with Gasteiger partial charge in [0.1, 0.15) is 11.9 Å². The van der Waals surface area contributed by atoms with E-state index in [1.807, 2.05) is 20.9 Å². The molecule has 0 aliphatic carbocycles. The highest BCUT2D eigenvalue weighted by Gasteiger charge is 2.31. The highest BCUT2D eigenvalue weighted by molar-refractivity contribution is 7.89. The Labute approximate surface area is 155 Å². The molecule has 1 amide bonds. The van der Waals surface area contributed by atoms with Crippen LogP contribution in [-0.4, -0.2) is 63.4 Å². The van der Waals surface area contributed by atoms with Crippen LogP contribution in [0.15, 0.2) is 23.1 Å². The molecule has 6 nitrogen and oxygen atoms in total. The van der Waals surface area contributed by atoms with Crippen molar-refractivity contribution in [3.63, 3.8) is 0 Å². The predicted molar refractivity (Wildman–Crippen MR) is 98.8 cm³/mol. The first-order valence-corrected chi connectivity index (χ1v) is 10.3. The first-order chi connectivity index (χ1) is 12.1. The number of amides is 1. The quantitative estimate of drug-likeness (QED) is 0.808. The van der Waals surface area contributed by atoms with Crippen molar-refractivity contribution in [2.75, 3.05) is 33.2 Å². The summed E-state index contributed by atoms with van der Waals surface area (Å²) < 4.78 is 41.4. The van der Waals surface area contributed by atoms with Crippen molar-refractivity contribution in [1.82, 2.24) is 14.5 Å². The Kier molecular flexibility index (Phi) is 6.76. The molecule has 1 N–H and O–H groups in total. The lowest BCUT2D eigenvalue weighted by molar-refractivity contribution is -0.135. The lowest BCUT2D eigenvalue weighted by Crippen LogP contribution is -2.54. The fourth-order valence-electron chi connectivity index (χ4n) is 3.08. The van der Waals surface area contributed by atoms with Crippen LogP contribution in [0.25, 0.3) is 0 Å². The van der Waals surface area contributed by atoms with E-state index in [2.05, 4.69) is 9.62 Å². The third kappa shape index (κ3) is 5.25. The molecule has 1 aromatic carbocycles. The minimum absolute atomic E-state index is 0.00108. The molecule has 0 saturated carbocycles. The van der Waals surface area contributed by atoms with Gasteiger partial charge in [0.05, 0.1) is 4.90 Å². The molecule has 1 atom stereocenters. The molecule has 1 saturated heterocycles. The van der Waals surface area contributed by atoms with E-state index in [4.69, 9.17) is 0 Å². The largest absolute Gasteiger partial charge is 0.339 e. The summed E-state index contributed by atoms with van der Waals surface area (Å²) in [7, 11) is -1.93. The highest BCUT2D eigenvalue weighted by atomic mass is 32.2. The first-order valence-electron chi connectivity index (χ1n) is 8.86. The number of likely N-dealkylation sites (N-methyl/N-ethyl adjacent to an activating group) is 1. The molecule has 1 aliphatic heterocycles. The van der Waals surface area contributed by atoms with Crippen molar-refractivity contribution in [3.8, 4) is 0 Å². The van der Waals surface area contributed by atoms with Crippen molar-refractivity contribution < 1.29 is 17.6 Å². The number of carbonyl (C=O) groups excluding carboxylic acids is 1. The van der Waals surface area contributed by atoms with Crippen molar-refractivity contribution in [2.45, 2.75) is 38.1 Å². The van der Waals surface area contributed by atoms with Crippen LogP contribution in [0, 0.1) is 18.7 Å². The molecule has 1 heterocycles. The van der Waals surface area contributed by atoms with E-state index in [1.54, 1.807) is 4.90 Å². The van der Waals surface area contributed by atoms with E-state index in [1.165, 1.54) is 19.1 Å². The van der Waals surface area contributed by atoms with Crippen LogP contribution < -0.4 is 4.72 Å². The van der Waals surface area contributed by atoms with Gasteiger partial charge in [-0.2, -0.15) is 4.72 Å². The summed E-state index contributed by atoms with van der Waals surface area (Å²) in [6.07, 6.45) is 0.407. The van der Waals surface area contributed by atoms with E-state index < -0.39 is 21.9 Å². The molecular formula is C18H28FN3O3S. The molecule has 0 aromatic heterocycles. The molecule has 0 radical (unpaired) electrons. The van der Waals surface area contributed by atoms with Gasteiger partial charge in [-0.3, -0.25) is 4.79 Å². The first kappa shape index (κ1) is 20.8. The van der Waals surface area contributed by atoms with Crippen molar-refractivity contribution in [1.29, 1.82) is 0 Å². The number of piperazine rings is 1. The van der Waals surface area contributed by atoms with Gasteiger partial charge in [0.25, 0.3) is 0 Å². The van der Waals surface area contributed by atoms with Gasteiger partial charge in [-0.05, 0) is 50.1 Å². The van der Waals surface area contributed by atoms with E-state index in [-0.39, 0.29) is 16.7 Å². The average molecular weight is 386 g/mol. The Bertz CT molecular complexity index is 744. The molecule has 0 unspecified atom stereocenters. The lowest BCUT2D eigenvalue weighted by atomic mass is 10.0. The summed E-state index contributed by atoms with van der Waals surface area (Å²) in [4.78, 5) is 16.8. The van der Waals surface area contributed by atoms with Gasteiger partial charge >= 0.3 is 0 Å². The monoisotopic (exact) mass is 385 g/mol. The predicted octanol–water partition coefficient (Wildman–Crippen LogP) is 1.60. The zero-order chi connectivity index (χ0) is 19.5. The molecule has 0 bridgehead atoms. The van der Waals surface area contributed by atoms with Gasteiger partial charge in [-0.15, -0.1) is 0 Å². The molecule has 2 rings (SSSR count). The number of aryl methyl sites for hydroxylation is 1. The van der Waals surface area contributed by atoms with Gasteiger partial charge in [0.15, 0.2) is 0 Å². The van der Waals surface area contributed by atoms with E-state index in [0.717, 1.165) is 19.2 Å². The topological polar surface area (TPSA) is 69.7 Å². The second-order valence-corrected chi connectivity index (χ2v) is 9.02. The molecule has 0 spiro atoms. The van der Waals surface area contributed by atoms with E-state index >= 15 is 0 Å². The third-order valence-electron chi connectivity index (χ3n) is 4.54. The van der Waals surface area contributed by atoms with Crippen LogP contribution in [0.3, 0.4) is 0 Å². The molecule has 8 heteroatoms. The van der Waals surface area contributed by atoms with Crippen LogP contribution in [0.5, 0.6) is 0 Å². The maximum absolute atomic E-state index is 13.3. The maximum atomic E-state index is 13.3. The number of rotatable bonds is 6. The minimum atomic E-state index is -3.92. The lowest BCUT2D eigenvalue weighted by Gasteiger charge is -2.35. The standard InChI is InChI=1S/C18H28FN3O3S/c1-13(2)11-16(18(23)22-9-7-21(4)8-10-22)20-26(24,25)17-6-5-15(19)12-14(17)3/h5-6,12-13,16,20H,7-11H2,1-4H3/t16-/m0/s1. The SMILES string of the molecule is Cc1cc(F)ccc1S(=O)(=O)N[C@@H](CC(C)C)C(=O)N1CCN(C)CC1. The van der Waals surface area contributed by atoms with Crippen molar-refractivity contribution in [3.05, 3.63) is 29.6 Å². The third-order valence-corrected chi connectivity index (χ3v) is 6.18. The van der Waals surface area contributed by atoms with Gasteiger partial charge in [-0.25, -0.2) is 12.8 Å². The van der Waals surface area contributed by atoms with Crippen LogP contribution in [-0.2, 0) is 14.8 Å². The summed E-state index contributed by atoms with van der Waals surface area (Å²) in [6, 6.07) is 2.70. The second-order valence-electron chi connectivity index (χ2n) is 7.34. The van der Waals surface area contributed by atoms with Crippen molar-refractivity contribution in [2.24, 2.45) is 5.92 Å². The van der Waals surface area contributed by atoms with Crippen LogP contribution in [0.2, 0.25) is 0 Å². The normalized spacial score (nSPS) is 17.5. The summed E-state index contributed by atoms with van der Waals surface area (Å²) in [5.41, 5.74) is 0.313. The Morgan fingerprint density at radius 1 is 1.23 bits per heavy atom. The summed E-state index contributed by atoms with van der Waals surface area (Å²) in [5.74, 6) is -0.544. The molecular weight excluding hydrogens is 357 g/mol. The summed E-state index contributed by atoms with van der Waals surface area (Å²) in [6.45, 7) is 8.14. The number of halogens is 1. The molecule has 1 aromatic rings. The molecule has 1 aliphatic rings. The highest BCUT2D eigenvalue weighted by Crippen LogP contribution is 2.18. The minimum Gasteiger partial charge on any atom is -0.339 e. The Morgan fingerprint density at radius 2 is 1.85 bits per heavy atom. The number of benzene rings is 1. The van der Waals surface area contributed by atoms with Crippen LogP contribution >= 0.6 is 0 Å². The maximum Gasteiger partial charge on any atom is 0.241 e. The van der Waals surface area contributed by atoms with Gasteiger partial charge in [0.2, 0.25) is 15.9 Å². The van der Waals surface area contributed by atoms with Gasteiger partial charge < -0.3 is 9.80 Å². The van der Waals surface area contributed by atoms with E-state index in [9.17, 15) is 17.6 Å². The Balaban J connectivity index is 2.22. The van der Waals surface area contributed by atoms with Crippen LogP contribution in [0.1, 0.15) is 25.8 Å². The van der Waals surface area contributed by atoms with Crippen molar-refractivity contribution >= 4 is 15.9 Å². The number of carbonyl (C=O) groups is 1. The number of nitrogens with one attached hydrogen (secondary N) is 1.